The van der Waals surface area contributed by atoms with E-state index in [1.165, 1.54) is 6.07 Å². The first-order valence-electron chi connectivity index (χ1n) is 7.19. The monoisotopic (exact) mass is 297 g/mol. The highest BCUT2D eigenvalue weighted by Gasteiger charge is 2.25. The second-order valence-corrected chi connectivity index (χ2v) is 6.34. The number of nitrogens with zero attached hydrogens (tertiary/aromatic N) is 1. The van der Waals surface area contributed by atoms with Gasteiger partial charge in [0, 0.05) is 30.7 Å². The molecule has 5 heteroatoms. The predicted octanol–water partition coefficient (Wildman–Crippen LogP) is 3.26. The standard InChI is InChI=1S/C16H21F2NO2/c1-16(2,3)15-12(18)9-11(17)10-13(15)21-8-7-19-6-4-5-14(19)20/h9-10H,4-8H2,1-3H3. The molecule has 1 heterocycles. The van der Waals surface area contributed by atoms with Crippen molar-refractivity contribution in [1.82, 2.24) is 4.90 Å². The second-order valence-electron chi connectivity index (χ2n) is 6.34. The molecule has 0 spiro atoms. The van der Waals surface area contributed by atoms with Gasteiger partial charge in [-0.2, -0.15) is 0 Å². The molecule has 116 valence electrons. The van der Waals surface area contributed by atoms with Crippen LogP contribution < -0.4 is 4.74 Å². The van der Waals surface area contributed by atoms with Crippen LogP contribution in [0.2, 0.25) is 0 Å². The lowest BCUT2D eigenvalue weighted by molar-refractivity contribution is -0.128. The van der Waals surface area contributed by atoms with Crippen LogP contribution in [0.4, 0.5) is 8.78 Å². The molecular weight excluding hydrogens is 276 g/mol. The minimum absolute atomic E-state index is 0.111. The Bertz CT molecular complexity index is 538. The Morgan fingerprint density at radius 3 is 2.57 bits per heavy atom. The molecule has 1 fully saturated rings. The van der Waals surface area contributed by atoms with Crippen molar-refractivity contribution in [3.05, 3.63) is 29.3 Å². The van der Waals surface area contributed by atoms with E-state index in [9.17, 15) is 13.6 Å². The quantitative estimate of drug-likeness (QED) is 0.853. The third kappa shape index (κ3) is 3.71. The molecule has 0 radical (unpaired) electrons. The van der Waals surface area contributed by atoms with Crippen LogP contribution in [0.5, 0.6) is 5.75 Å². The number of benzene rings is 1. The van der Waals surface area contributed by atoms with Crippen LogP contribution in [0.3, 0.4) is 0 Å². The molecule has 1 aromatic rings. The van der Waals surface area contributed by atoms with Gasteiger partial charge in [-0.25, -0.2) is 8.78 Å². The predicted molar refractivity (Wildman–Crippen MR) is 76.4 cm³/mol. The van der Waals surface area contributed by atoms with Gasteiger partial charge in [0.05, 0.1) is 6.54 Å². The molecule has 0 aliphatic carbocycles. The van der Waals surface area contributed by atoms with Gasteiger partial charge in [-0.15, -0.1) is 0 Å². The molecule has 0 atom stereocenters. The average molecular weight is 297 g/mol. The van der Waals surface area contributed by atoms with Crippen LogP contribution in [-0.4, -0.2) is 30.5 Å². The molecule has 1 aliphatic rings. The minimum Gasteiger partial charge on any atom is -0.491 e. The van der Waals surface area contributed by atoms with Gasteiger partial charge in [-0.1, -0.05) is 20.8 Å². The highest BCUT2D eigenvalue weighted by Crippen LogP contribution is 2.34. The van der Waals surface area contributed by atoms with Crippen LogP contribution in [0.15, 0.2) is 12.1 Å². The Labute approximate surface area is 123 Å². The molecule has 2 rings (SSSR count). The summed E-state index contributed by atoms with van der Waals surface area (Å²) in [6.45, 7) is 6.95. The summed E-state index contributed by atoms with van der Waals surface area (Å²) in [4.78, 5) is 13.2. The summed E-state index contributed by atoms with van der Waals surface area (Å²) in [5.74, 6) is -0.936. The first kappa shape index (κ1) is 15.7. The number of halogens is 2. The zero-order chi connectivity index (χ0) is 15.6. The van der Waals surface area contributed by atoms with Gasteiger partial charge in [-0.3, -0.25) is 4.79 Å². The molecule has 1 amide bonds. The zero-order valence-electron chi connectivity index (χ0n) is 12.7. The molecule has 3 nitrogen and oxygen atoms in total. The lowest BCUT2D eigenvalue weighted by atomic mass is 9.86. The van der Waals surface area contributed by atoms with Crippen LogP contribution >= 0.6 is 0 Å². The largest absolute Gasteiger partial charge is 0.491 e. The van der Waals surface area contributed by atoms with Crippen LogP contribution in [-0.2, 0) is 10.2 Å². The number of ether oxygens (including phenoxy) is 1. The van der Waals surface area contributed by atoms with Crippen molar-refractivity contribution < 1.29 is 18.3 Å². The van der Waals surface area contributed by atoms with Crippen molar-refractivity contribution >= 4 is 5.91 Å². The normalized spacial score (nSPS) is 15.7. The van der Waals surface area contributed by atoms with E-state index in [0.717, 1.165) is 19.0 Å². The van der Waals surface area contributed by atoms with Gasteiger partial charge in [0.1, 0.15) is 24.0 Å². The fourth-order valence-electron chi connectivity index (χ4n) is 2.60. The molecule has 1 saturated heterocycles. The number of carbonyl (C=O) groups is 1. The third-order valence-corrected chi connectivity index (χ3v) is 3.56. The van der Waals surface area contributed by atoms with E-state index in [-0.39, 0.29) is 18.3 Å². The number of likely N-dealkylation sites (tertiary alicyclic amines) is 1. The van der Waals surface area contributed by atoms with Crippen molar-refractivity contribution in [2.45, 2.75) is 39.0 Å². The Morgan fingerprint density at radius 2 is 2.00 bits per heavy atom. The first-order valence-corrected chi connectivity index (χ1v) is 7.19. The highest BCUT2D eigenvalue weighted by atomic mass is 19.1. The summed E-state index contributed by atoms with van der Waals surface area (Å²) in [7, 11) is 0. The molecule has 0 N–H and O–H groups in total. The topological polar surface area (TPSA) is 29.5 Å². The van der Waals surface area contributed by atoms with E-state index >= 15 is 0 Å². The first-order chi connectivity index (χ1) is 9.79. The fraction of sp³-hybridized carbons (Fsp3) is 0.562. The summed E-state index contributed by atoms with van der Waals surface area (Å²) >= 11 is 0. The molecule has 1 aromatic carbocycles. The van der Waals surface area contributed by atoms with Crippen molar-refractivity contribution in [3.63, 3.8) is 0 Å². The lowest BCUT2D eigenvalue weighted by Gasteiger charge is -2.24. The van der Waals surface area contributed by atoms with E-state index in [1.807, 2.05) is 20.8 Å². The Hall–Kier alpha value is -1.65. The van der Waals surface area contributed by atoms with E-state index in [0.29, 0.717) is 18.5 Å². The summed E-state index contributed by atoms with van der Waals surface area (Å²) in [6, 6.07) is 2.08. The van der Waals surface area contributed by atoms with Gasteiger partial charge < -0.3 is 9.64 Å². The molecule has 1 aliphatic heterocycles. The SMILES string of the molecule is CC(C)(C)c1c(F)cc(F)cc1OCCN1CCCC1=O. The van der Waals surface area contributed by atoms with Crippen molar-refractivity contribution in [1.29, 1.82) is 0 Å². The highest BCUT2D eigenvalue weighted by molar-refractivity contribution is 5.78. The Morgan fingerprint density at radius 1 is 1.29 bits per heavy atom. The minimum atomic E-state index is -0.659. The fourth-order valence-corrected chi connectivity index (χ4v) is 2.60. The van der Waals surface area contributed by atoms with Gasteiger partial charge in [-0.05, 0) is 11.8 Å². The summed E-state index contributed by atoms with van der Waals surface area (Å²) in [6.07, 6.45) is 1.43. The van der Waals surface area contributed by atoms with Crippen molar-refractivity contribution in [3.8, 4) is 5.75 Å². The molecule has 0 aromatic heterocycles. The van der Waals surface area contributed by atoms with E-state index in [1.54, 1.807) is 4.90 Å². The van der Waals surface area contributed by atoms with Crippen molar-refractivity contribution in [2.75, 3.05) is 19.7 Å². The molecule has 0 saturated carbocycles. The van der Waals surface area contributed by atoms with Gasteiger partial charge in [0.15, 0.2) is 0 Å². The number of amides is 1. The van der Waals surface area contributed by atoms with Crippen LogP contribution in [0.1, 0.15) is 39.2 Å². The average Bonchev–Trinajstić information content (AvgIpc) is 2.72. The van der Waals surface area contributed by atoms with Crippen molar-refractivity contribution in [2.24, 2.45) is 0 Å². The van der Waals surface area contributed by atoms with Crippen LogP contribution in [0, 0.1) is 11.6 Å². The second kappa shape index (κ2) is 6.00. The van der Waals surface area contributed by atoms with Gasteiger partial charge >= 0.3 is 0 Å². The van der Waals surface area contributed by atoms with Crippen LogP contribution in [0.25, 0.3) is 0 Å². The summed E-state index contributed by atoms with van der Waals surface area (Å²) in [5, 5.41) is 0. The molecule has 21 heavy (non-hydrogen) atoms. The number of carbonyl (C=O) groups excluding carboxylic acids is 1. The molecular formula is C16H21F2NO2. The maximum Gasteiger partial charge on any atom is 0.222 e. The van der Waals surface area contributed by atoms with Gasteiger partial charge in [0.2, 0.25) is 5.91 Å². The number of hydrogen-bond acceptors (Lipinski definition) is 2. The summed E-state index contributed by atoms with van der Waals surface area (Å²) in [5.41, 5.74) is -0.131. The lowest BCUT2D eigenvalue weighted by Crippen LogP contribution is -2.29. The zero-order valence-corrected chi connectivity index (χ0v) is 12.7. The Kier molecular flexibility index (Phi) is 4.49. The maximum atomic E-state index is 14.0. The van der Waals surface area contributed by atoms with Gasteiger partial charge in [0.25, 0.3) is 0 Å². The van der Waals surface area contributed by atoms with E-state index in [2.05, 4.69) is 0 Å². The Balaban J connectivity index is 2.10. The maximum absolute atomic E-state index is 14.0. The third-order valence-electron chi connectivity index (χ3n) is 3.56. The number of hydrogen-bond donors (Lipinski definition) is 0. The van der Waals surface area contributed by atoms with E-state index in [4.69, 9.17) is 4.74 Å². The smallest absolute Gasteiger partial charge is 0.222 e. The van der Waals surface area contributed by atoms with E-state index < -0.39 is 17.0 Å². The molecule has 0 unspecified atom stereocenters. The molecule has 0 bridgehead atoms. The summed E-state index contributed by atoms with van der Waals surface area (Å²) < 4.78 is 33.0. The number of rotatable bonds is 4.